The van der Waals surface area contributed by atoms with Crippen LogP contribution in [-0.2, 0) is 6.54 Å². The summed E-state index contributed by atoms with van der Waals surface area (Å²) in [6.07, 6.45) is 1.57. The molecule has 1 aliphatic heterocycles. The predicted octanol–water partition coefficient (Wildman–Crippen LogP) is 2.44. The number of nitrogens with zero attached hydrogens (tertiary/aromatic N) is 1. The van der Waals surface area contributed by atoms with Gasteiger partial charge in [0, 0.05) is 13.1 Å². The van der Waals surface area contributed by atoms with Crippen LogP contribution in [0, 0.1) is 5.82 Å². The van der Waals surface area contributed by atoms with E-state index in [1.54, 1.807) is 6.07 Å². The maximum absolute atomic E-state index is 13.2. The number of aliphatic hydroxyl groups is 1. The molecule has 1 fully saturated rings. The smallest absolute Gasteiger partial charge is 0.142 e. The number of hydrogen-bond donors (Lipinski definition) is 1. The van der Waals surface area contributed by atoms with Gasteiger partial charge in [0.15, 0.2) is 0 Å². The first kappa shape index (κ1) is 11.8. The topological polar surface area (TPSA) is 23.5 Å². The van der Waals surface area contributed by atoms with E-state index in [1.807, 2.05) is 6.07 Å². The molecule has 1 atom stereocenters. The SMILES string of the molecule is O[C@@H]1CCCN(Cc2cccc(F)c2Cl)C1. The average molecular weight is 244 g/mol. The van der Waals surface area contributed by atoms with Crippen molar-refractivity contribution in [2.24, 2.45) is 0 Å². The quantitative estimate of drug-likeness (QED) is 0.863. The molecule has 2 rings (SSSR count). The van der Waals surface area contributed by atoms with Crippen molar-refractivity contribution in [3.63, 3.8) is 0 Å². The molecule has 1 N–H and O–H groups in total. The van der Waals surface area contributed by atoms with Gasteiger partial charge >= 0.3 is 0 Å². The molecule has 4 heteroatoms. The molecule has 1 aromatic carbocycles. The lowest BCUT2D eigenvalue weighted by atomic mass is 10.1. The first-order chi connectivity index (χ1) is 7.66. The van der Waals surface area contributed by atoms with Crippen molar-refractivity contribution in [1.29, 1.82) is 0 Å². The molecular formula is C12H15ClFNO. The molecule has 0 radical (unpaired) electrons. The van der Waals surface area contributed by atoms with Crippen molar-refractivity contribution < 1.29 is 9.50 Å². The lowest BCUT2D eigenvalue weighted by Crippen LogP contribution is -2.37. The van der Waals surface area contributed by atoms with Gasteiger partial charge in [-0.15, -0.1) is 0 Å². The molecule has 1 saturated heterocycles. The summed E-state index contributed by atoms with van der Waals surface area (Å²) < 4.78 is 13.2. The van der Waals surface area contributed by atoms with Crippen LogP contribution in [0.1, 0.15) is 18.4 Å². The normalized spacial score (nSPS) is 22.3. The highest BCUT2D eigenvalue weighted by molar-refractivity contribution is 6.31. The number of halogens is 2. The first-order valence-corrected chi connectivity index (χ1v) is 5.88. The highest BCUT2D eigenvalue weighted by Crippen LogP contribution is 2.22. The van der Waals surface area contributed by atoms with Crippen LogP contribution in [0.15, 0.2) is 18.2 Å². The minimum absolute atomic E-state index is 0.197. The summed E-state index contributed by atoms with van der Waals surface area (Å²) in [7, 11) is 0. The van der Waals surface area contributed by atoms with Crippen LogP contribution in [0.2, 0.25) is 5.02 Å². The van der Waals surface area contributed by atoms with Crippen LogP contribution in [0.5, 0.6) is 0 Å². The van der Waals surface area contributed by atoms with E-state index in [0.29, 0.717) is 13.1 Å². The fourth-order valence-electron chi connectivity index (χ4n) is 2.09. The van der Waals surface area contributed by atoms with Gasteiger partial charge < -0.3 is 5.11 Å². The Bertz CT molecular complexity index is 372. The third-order valence-electron chi connectivity index (χ3n) is 2.91. The Balaban J connectivity index is 2.05. The van der Waals surface area contributed by atoms with Gasteiger partial charge in [-0.1, -0.05) is 23.7 Å². The van der Waals surface area contributed by atoms with Crippen molar-refractivity contribution in [1.82, 2.24) is 4.90 Å². The summed E-state index contributed by atoms with van der Waals surface area (Å²) in [5.74, 6) is -0.378. The molecular weight excluding hydrogens is 229 g/mol. The molecule has 0 amide bonds. The molecule has 0 unspecified atom stereocenters. The molecule has 0 aliphatic carbocycles. The number of β-amino-alcohol motifs (C(OH)–C–C–N with tert-alkyl or cyclic N) is 1. The summed E-state index contributed by atoms with van der Waals surface area (Å²) in [5.41, 5.74) is 0.788. The molecule has 16 heavy (non-hydrogen) atoms. The van der Waals surface area contributed by atoms with E-state index in [0.717, 1.165) is 24.9 Å². The molecule has 0 saturated carbocycles. The van der Waals surface area contributed by atoms with E-state index < -0.39 is 0 Å². The van der Waals surface area contributed by atoms with Gasteiger partial charge in [0.25, 0.3) is 0 Å². The summed E-state index contributed by atoms with van der Waals surface area (Å²) in [5, 5.41) is 9.73. The Labute approximate surface area is 99.6 Å². The van der Waals surface area contributed by atoms with E-state index in [2.05, 4.69) is 4.90 Å². The lowest BCUT2D eigenvalue weighted by molar-refractivity contribution is 0.0668. The Kier molecular flexibility index (Phi) is 3.79. The van der Waals surface area contributed by atoms with Crippen molar-refractivity contribution in [2.75, 3.05) is 13.1 Å². The van der Waals surface area contributed by atoms with Crippen LogP contribution in [0.4, 0.5) is 4.39 Å². The monoisotopic (exact) mass is 243 g/mol. The Morgan fingerprint density at radius 2 is 2.31 bits per heavy atom. The van der Waals surface area contributed by atoms with Crippen LogP contribution in [-0.4, -0.2) is 29.2 Å². The fourth-order valence-corrected chi connectivity index (χ4v) is 2.27. The highest BCUT2D eigenvalue weighted by Gasteiger charge is 2.18. The third kappa shape index (κ3) is 2.73. The van der Waals surface area contributed by atoms with E-state index in [1.165, 1.54) is 6.07 Å². The molecule has 0 bridgehead atoms. The predicted molar refractivity (Wildman–Crippen MR) is 61.9 cm³/mol. The van der Waals surface area contributed by atoms with Gasteiger partial charge in [0.1, 0.15) is 5.82 Å². The summed E-state index contributed by atoms with van der Waals surface area (Å²) in [6.45, 7) is 2.18. The van der Waals surface area contributed by atoms with Gasteiger partial charge in [0.2, 0.25) is 0 Å². The molecule has 88 valence electrons. The Hall–Kier alpha value is -0.640. The highest BCUT2D eigenvalue weighted by atomic mass is 35.5. The number of aliphatic hydroxyl groups excluding tert-OH is 1. The standard InChI is InChI=1S/C12H15ClFNO/c13-12-9(3-1-5-11(12)14)7-15-6-2-4-10(16)8-15/h1,3,5,10,16H,2,4,6-8H2/t10-/m1/s1. The minimum Gasteiger partial charge on any atom is -0.392 e. The first-order valence-electron chi connectivity index (χ1n) is 5.50. The summed E-state index contributed by atoms with van der Waals surface area (Å²) in [6, 6.07) is 4.85. The molecule has 1 heterocycles. The zero-order valence-corrected chi connectivity index (χ0v) is 9.75. The number of piperidine rings is 1. The van der Waals surface area contributed by atoms with Crippen molar-refractivity contribution in [3.05, 3.63) is 34.6 Å². The average Bonchev–Trinajstić information content (AvgIpc) is 2.25. The van der Waals surface area contributed by atoms with Gasteiger partial charge in [-0.3, -0.25) is 4.90 Å². The maximum Gasteiger partial charge on any atom is 0.142 e. The second kappa shape index (κ2) is 5.13. The maximum atomic E-state index is 13.2. The zero-order valence-electron chi connectivity index (χ0n) is 9.00. The van der Waals surface area contributed by atoms with Gasteiger partial charge in [0.05, 0.1) is 11.1 Å². The van der Waals surface area contributed by atoms with Crippen LogP contribution in [0.25, 0.3) is 0 Å². The van der Waals surface area contributed by atoms with E-state index in [4.69, 9.17) is 11.6 Å². The number of benzene rings is 1. The van der Waals surface area contributed by atoms with Crippen molar-refractivity contribution in [2.45, 2.75) is 25.5 Å². The van der Waals surface area contributed by atoms with Crippen molar-refractivity contribution in [3.8, 4) is 0 Å². The molecule has 0 spiro atoms. The summed E-state index contributed by atoms with van der Waals surface area (Å²) in [4.78, 5) is 2.11. The van der Waals surface area contributed by atoms with Crippen LogP contribution < -0.4 is 0 Å². The number of likely N-dealkylation sites (tertiary alicyclic amines) is 1. The van der Waals surface area contributed by atoms with Crippen LogP contribution in [0.3, 0.4) is 0 Å². The Morgan fingerprint density at radius 3 is 3.06 bits per heavy atom. The molecule has 1 aliphatic rings. The molecule has 1 aromatic rings. The van der Waals surface area contributed by atoms with Gasteiger partial charge in [-0.25, -0.2) is 4.39 Å². The molecule has 0 aromatic heterocycles. The summed E-state index contributed by atoms with van der Waals surface area (Å²) >= 11 is 5.88. The van der Waals surface area contributed by atoms with E-state index in [-0.39, 0.29) is 16.9 Å². The number of hydrogen-bond acceptors (Lipinski definition) is 2. The zero-order chi connectivity index (χ0) is 11.5. The lowest BCUT2D eigenvalue weighted by Gasteiger charge is -2.30. The second-order valence-electron chi connectivity index (χ2n) is 4.24. The minimum atomic E-state index is -0.378. The fraction of sp³-hybridized carbons (Fsp3) is 0.500. The van der Waals surface area contributed by atoms with E-state index in [9.17, 15) is 9.50 Å². The Morgan fingerprint density at radius 1 is 1.50 bits per heavy atom. The van der Waals surface area contributed by atoms with Gasteiger partial charge in [-0.05, 0) is 31.0 Å². The third-order valence-corrected chi connectivity index (χ3v) is 3.33. The van der Waals surface area contributed by atoms with Crippen LogP contribution >= 0.6 is 11.6 Å². The largest absolute Gasteiger partial charge is 0.392 e. The van der Waals surface area contributed by atoms with E-state index >= 15 is 0 Å². The van der Waals surface area contributed by atoms with Crippen molar-refractivity contribution >= 4 is 11.6 Å². The molecule has 2 nitrogen and oxygen atoms in total. The number of rotatable bonds is 2. The van der Waals surface area contributed by atoms with Gasteiger partial charge in [-0.2, -0.15) is 0 Å². The second-order valence-corrected chi connectivity index (χ2v) is 4.62.